The first-order valence-corrected chi connectivity index (χ1v) is 10.6. The molecule has 0 aromatic heterocycles. The Balaban J connectivity index is 1.42. The molecular formula is C24H31NO5. The fraction of sp³-hybridized carbons (Fsp3) is 0.458. The Hall–Kier alpha value is -2.73. The fourth-order valence-corrected chi connectivity index (χ4v) is 4.07. The molecule has 0 saturated heterocycles. The highest BCUT2D eigenvalue weighted by Crippen LogP contribution is 2.28. The van der Waals surface area contributed by atoms with E-state index in [0.717, 1.165) is 50.9 Å². The minimum Gasteiger partial charge on any atom is -0.504 e. The maximum atomic E-state index is 12.0. The van der Waals surface area contributed by atoms with Gasteiger partial charge in [0.25, 0.3) is 0 Å². The Morgan fingerprint density at radius 1 is 1.10 bits per heavy atom. The summed E-state index contributed by atoms with van der Waals surface area (Å²) in [6.07, 6.45) is 5.02. The number of phenolic OH excluding ortho intramolecular Hbond substituents is 2. The lowest BCUT2D eigenvalue weighted by atomic mass is 9.87. The van der Waals surface area contributed by atoms with Crippen LogP contribution < -0.4 is 4.74 Å². The lowest BCUT2D eigenvalue weighted by Gasteiger charge is -2.34. The van der Waals surface area contributed by atoms with Crippen LogP contribution in [-0.2, 0) is 17.6 Å². The number of fused-ring (bicyclic) bond motifs is 1. The van der Waals surface area contributed by atoms with Crippen molar-refractivity contribution >= 4 is 5.97 Å². The Morgan fingerprint density at radius 2 is 1.93 bits per heavy atom. The molecule has 162 valence electrons. The Labute approximate surface area is 178 Å². The number of ether oxygens (including phenoxy) is 2. The quantitative estimate of drug-likeness (QED) is 0.368. The number of hydrogen-bond acceptors (Lipinski definition) is 6. The first-order valence-electron chi connectivity index (χ1n) is 10.6. The van der Waals surface area contributed by atoms with E-state index in [4.69, 9.17) is 9.47 Å². The number of unbranched alkanes of at least 4 members (excludes halogenated alkanes) is 1. The Kier molecular flexibility index (Phi) is 7.57. The predicted molar refractivity (Wildman–Crippen MR) is 115 cm³/mol. The highest BCUT2D eigenvalue weighted by Gasteiger charge is 2.23. The van der Waals surface area contributed by atoms with Crippen LogP contribution in [0.2, 0.25) is 0 Å². The summed E-state index contributed by atoms with van der Waals surface area (Å²) in [6.45, 7) is 4.51. The molecule has 0 radical (unpaired) electrons. The van der Waals surface area contributed by atoms with E-state index in [2.05, 4.69) is 24.0 Å². The van der Waals surface area contributed by atoms with Crippen molar-refractivity contribution in [2.45, 2.75) is 45.1 Å². The van der Waals surface area contributed by atoms with E-state index >= 15 is 0 Å². The molecule has 30 heavy (non-hydrogen) atoms. The number of esters is 1. The molecule has 0 saturated carbocycles. The lowest BCUT2D eigenvalue weighted by molar-refractivity contribution is 0.0492. The molecule has 0 heterocycles. The van der Waals surface area contributed by atoms with Gasteiger partial charge in [0.1, 0.15) is 5.75 Å². The summed E-state index contributed by atoms with van der Waals surface area (Å²) in [6, 6.07) is 10.9. The zero-order valence-electron chi connectivity index (χ0n) is 17.8. The van der Waals surface area contributed by atoms with Crippen LogP contribution in [0.15, 0.2) is 36.4 Å². The number of methoxy groups -OCH3 is 1. The highest BCUT2D eigenvalue weighted by molar-refractivity contribution is 5.90. The number of aryl methyl sites for hydroxylation is 1. The molecule has 0 aliphatic heterocycles. The van der Waals surface area contributed by atoms with Gasteiger partial charge in [-0.25, -0.2) is 4.79 Å². The van der Waals surface area contributed by atoms with Crippen molar-refractivity contribution in [3.05, 3.63) is 53.1 Å². The number of aromatic hydroxyl groups is 2. The molecular weight excluding hydrogens is 382 g/mol. The van der Waals surface area contributed by atoms with Crippen LogP contribution in [0.3, 0.4) is 0 Å². The molecule has 0 fully saturated rings. The van der Waals surface area contributed by atoms with Gasteiger partial charge in [0.15, 0.2) is 11.5 Å². The van der Waals surface area contributed by atoms with Gasteiger partial charge in [0.05, 0.1) is 19.3 Å². The number of likely N-dealkylation sites (N-methyl/N-ethyl adjacent to an activating group) is 1. The topological polar surface area (TPSA) is 79.2 Å². The molecule has 2 aromatic carbocycles. The van der Waals surface area contributed by atoms with Gasteiger partial charge in [-0.1, -0.05) is 13.0 Å². The van der Waals surface area contributed by atoms with Crippen molar-refractivity contribution < 1.29 is 24.5 Å². The number of phenols is 2. The molecule has 1 aliphatic rings. The van der Waals surface area contributed by atoms with Gasteiger partial charge in [0.2, 0.25) is 0 Å². The third kappa shape index (κ3) is 5.45. The summed E-state index contributed by atoms with van der Waals surface area (Å²) in [5.74, 6) is -0.139. The molecule has 0 spiro atoms. The minimum atomic E-state index is -0.489. The number of nitrogens with zero attached hydrogens (tertiary/aromatic N) is 1. The molecule has 2 N–H and O–H groups in total. The maximum Gasteiger partial charge on any atom is 0.338 e. The largest absolute Gasteiger partial charge is 0.504 e. The molecule has 6 heteroatoms. The van der Waals surface area contributed by atoms with Crippen molar-refractivity contribution in [2.75, 3.05) is 26.8 Å². The molecule has 1 unspecified atom stereocenters. The van der Waals surface area contributed by atoms with E-state index in [1.54, 1.807) is 7.11 Å². The molecule has 0 bridgehead atoms. The summed E-state index contributed by atoms with van der Waals surface area (Å²) in [5, 5.41) is 18.8. The summed E-state index contributed by atoms with van der Waals surface area (Å²) in [4.78, 5) is 14.6. The van der Waals surface area contributed by atoms with Crippen LogP contribution in [0.1, 0.15) is 47.7 Å². The van der Waals surface area contributed by atoms with Crippen LogP contribution in [0.5, 0.6) is 17.2 Å². The highest BCUT2D eigenvalue weighted by atomic mass is 16.5. The van der Waals surface area contributed by atoms with Gasteiger partial charge in [-0.05, 0) is 86.7 Å². The van der Waals surface area contributed by atoms with Gasteiger partial charge in [0, 0.05) is 6.04 Å². The van der Waals surface area contributed by atoms with Crippen molar-refractivity contribution in [1.29, 1.82) is 0 Å². The maximum absolute atomic E-state index is 12.0. The average Bonchev–Trinajstić information content (AvgIpc) is 2.77. The van der Waals surface area contributed by atoms with Crippen molar-refractivity contribution in [3.8, 4) is 17.2 Å². The van der Waals surface area contributed by atoms with Crippen LogP contribution >= 0.6 is 0 Å². The first-order chi connectivity index (χ1) is 14.5. The van der Waals surface area contributed by atoms with E-state index in [9.17, 15) is 15.0 Å². The van der Waals surface area contributed by atoms with Gasteiger partial charge in [-0.15, -0.1) is 0 Å². The molecule has 1 aliphatic carbocycles. The van der Waals surface area contributed by atoms with Crippen molar-refractivity contribution in [1.82, 2.24) is 4.90 Å². The predicted octanol–water partition coefficient (Wildman–Crippen LogP) is 3.92. The first kappa shape index (κ1) is 22.0. The zero-order chi connectivity index (χ0) is 21.5. The lowest BCUT2D eigenvalue weighted by Crippen LogP contribution is -2.39. The number of hydrogen-bond donors (Lipinski definition) is 2. The van der Waals surface area contributed by atoms with Crippen LogP contribution in [0.4, 0.5) is 0 Å². The van der Waals surface area contributed by atoms with Crippen molar-refractivity contribution in [2.24, 2.45) is 0 Å². The number of carbonyl (C=O) groups is 1. The van der Waals surface area contributed by atoms with Gasteiger partial charge >= 0.3 is 5.97 Å². The fourth-order valence-electron chi connectivity index (χ4n) is 4.07. The normalized spacial score (nSPS) is 15.6. The summed E-state index contributed by atoms with van der Waals surface area (Å²) in [7, 11) is 1.71. The summed E-state index contributed by atoms with van der Waals surface area (Å²) in [5.41, 5.74) is 3.04. The Bertz CT molecular complexity index is 867. The SMILES string of the molecule is CCN(CCCCOC(=O)c1ccc(O)c(O)c1)C1CCc2cc(OC)ccc2C1. The molecule has 6 nitrogen and oxygen atoms in total. The summed E-state index contributed by atoms with van der Waals surface area (Å²) >= 11 is 0. The van der Waals surface area contributed by atoms with Gasteiger partial charge < -0.3 is 24.6 Å². The van der Waals surface area contributed by atoms with Crippen LogP contribution in [0.25, 0.3) is 0 Å². The summed E-state index contributed by atoms with van der Waals surface area (Å²) < 4.78 is 10.6. The zero-order valence-corrected chi connectivity index (χ0v) is 17.8. The number of carbonyl (C=O) groups excluding carboxylic acids is 1. The second kappa shape index (κ2) is 10.3. The second-order valence-corrected chi connectivity index (χ2v) is 7.71. The van der Waals surface area contributed by atoms with Crippen molar-refractivity contribution in [3.63, 3.8) is 0 Å². The van der Waals surface area contributed by atoms with Gasteiger partial charge in [-0.2, -0.15) is 0 Å². The van der Waals surface area contributed by atoms with E-state index in [1.807, 2.05) is 6.07 Å². The van der Waals surface area contributed by atoms with E-state index in [0.29, 0.717) is 12.6 Å². The Morgan fingerprint density at radius 3 is 2.67 bits per heavy atom. The smallest absolute Gasteiger partial charge is 0.338 e. The third-order valence-electron chi connectivity index (χ3n) is 5.82. The second-order valence-electron chi connectivity index (χ2n) is 7.71. The standard InChI is InChI=1S/C24H31NO5/c1-3-25(20-9-6-18-15-21(29-2)10-7-17(18)14-20)12-4-5-13-30-24(28)19-8-11-22(26)23(27)16-19/h7-8,10-11,15-16,20,26-27H,3-6,9,12-14H2,1-2H3. The van der Waals surface area contributed by atoms with Gasteiger partial charge in [-0.3, -0.25) is 0 Å². The third-order valence-corrected chi connectivity index (χ3v) is 5.82. The van der Waals surface area contributed by atoms with E-state index in [-0.39, 0.29) is 17.1 Å². The van der Waals surface area contributed by atoms with Crippen LogP contribution in [-0.4, -0.2) is 53.9 Å². The minimum absolute atomic E-state index is 0.234. The molecule has 3 rings (SSSR count). The number of rotatable bonds is 9. The molecule has 2 aromatic rings. The van der Waals surface area contributed by atoms with E-state index < -0.39 is 5.97 Å². The average molecular weight is 414 g/mol. The molecule has 0 amide bonds. The molecule has 1 atom stereocenters. The monoisotopic (exact) mass is 413 g/mol. The van der Waals surface area contributed by atoms with Crippen LogP contribution in [0, 0.1) is 0 Å². The van der Waals surface area contributed by atoms with E-state index in [1.165, 1.54) is 29.3 Å². The number of benzene rings is 2.